The summed E-state index contributed by atoms with van der Waals surface area (Å²) >= 11 is 0. The molecule has 21 nitrogen and oxygen atoms in total. The average Bonchev–Trinajstić information content (AvgIpc) is 3.18. The van der Waals surface area contributed by atoms with Crippen LogP contribution in [0.3, 0.4) is 0 Å². The fourth-order valence-corrected chi connectivity index (χ4v) is 8.12. The molecule has 0 spiro atoms. The van der Waals surface area contributed by atoms with E-state index < -0.39 is 109 Å². The molecule has 4 fully saturated rings. The van der Waals surface area contributed by atoms with E-state index >= 15 is 0 Å². The van der Waals surface area contributed by atoms with Crippen molar-refractivity contribution in [3.63, 3.8) is 0 Å². The van der Waals surface area contributed by atoms with Crippen molar-refractivity contribution in [1.82, 2.24) is 9.47 Å². The van der Waals surface area contributed by atoms with Gasteiger partial charge in [-0.1, -0.05) is 0 Å². The molecule has 0 bridgehead atoms. The normalized spacial score (nSPS) is 38.2. The van der Waals surface area contributed by atoms with Gasteiger partial charge in [-0.3, -0.25) is 4.79 Å². The van der Waals surface area contributed by atoms with Crippen LogP contribution < -0.4 is 43.7 Å². The van der Waals surface area contributed by atoms with Crippen LogP contribution in [0.5, 0.6) is 5.75 Å². The van der Waals surface area contributed by atoms with Crippen LogP contribution >= 0.6 is 0 Å². The van der Waals surface area contributed by atoms with E-state index in [4.69, 9.17) is 52.4 Å². The molecule has 0 radical (unpaired) electrons. The first kappa shape index (κ1) is 44.4. The van der Waals surface area contributed by atoms with Crippen molar-refractivity contribution in [2.45, 2.75) is 111 Å². The van der Waals surface area contributed by atoms with Gasteiger partial charge in [0.05, 0.1) is 47.8 Å². The SMILES string of the molecule is CC1COc2c(N3CCN(C)CC3)c(F)cc3c(=O)c(C(=O)O)cn1c23.NC[C@H]1O[C@H](O[C@H]2[C@H](O)[C@@H](O[C@H]3O[C@H](CO)[C@@H](O)[C@H](N)[C@H]3O)[C@H](N)C[C@@H]2N)[C@H](N)C[C@@H]1O. The Labute approximate surface area is 332 Å². The molecule has 1 saturated carbocycles. The second-order valence-corrected chi connectivity index (χ2v) is 15.8. The third-order valence-electron chi connectivity index (χ3n) is 11.6. The Balaban J connectivity index is 0.000000199. The lowest BCUT2D eigenvalue weighted by Crippen LogP contribution is -2.68. The number of aromatic nitrogens is 1. The number of halogens is 1. The molecular formula is C36H57FN8O13. The number of carbonyl (C=O) groups is 1. The van der Waals surface area contributed by atoms with Gasteiger partial charge in [-0.2, -0.15) is 0 Å². The molecule has 0 amide bonds. The standard InChI is InChI=1S/C18H20FN3O4.C18H37N5O9/c1-10-9-26-17-14-11(16(23)12(18(24)25)8-22(10)14)7-13(19)15(17)21-5-3-20(2)4-6-21;19-3-9-8(25)2-7(22)17(29-9)31-15-5(20)1-6(21)16(14(15)28)32-18-13(27)11(23)12(26)10(4-24)30-18/h7-8,10H,3-6,9H2,1-2H3,(H,24,25);5-18,24-28H,1-4,19-23H2/t;5-,6+,7+,8-,9+,10+,11-,12+,13+,14-,15+,16-,17+,18+/m.0/s1. The second kappa shape index (κ2) is 18.2. The van der Waals surface area contributed by atoms with Crippen molar-refractivity contribution in [2.24, 2.45) is 28.7 Å². The third-order valence-corrected chi connectivity index (χ3v) is 11.6. The summed E-state index contributed by atoms with van der Waals surface area (Å²) in [4.78, 5) is 28.1. The fraction of sp³-hybridized carbons (Fsp3) is 0.722. The van der Waals surface area contributed by atoms with Gasteiger partial charge in [-0.15, -0.1) is 0 Å². The maximum atomic E-state index is 15.0. The first-order valence-corrected chi connectivity index (χ1v) is 19.4. The maximum absolute atomic E-state index is 15.0. The Bertz CT molecular complexity index is 1820. The van der Waals surface area contributed by atoms with Gasteiger partial charge < -0.3 is 97.4 Å². The summed E-state index contributed by atoms with van der Waals surface area (Å²) in [6, 6.07) is -2.27. The van der Waals surface area contributed by atoms with Gasteiger partial charge in [0, 0.05) is 51.0 Å². The van der Waals surface area contributed by atoms with Crippen LogP contribution in [0, 0.1) is 5.82 Å². The first-order chi connectivity index (χ1) is 27.5. The molecule has 1 aliphatic carbocycles. The number of aromatic carboxylic acids is 1. The number of hydrogen-bond acceptors (Lipinski definition) is 19. The smallest absolute Gasteiger partial charge is 0.341 e. The number of benzene rings is 1. The van der Waals surface area contributed by atoms with E-state index in [-0.39, 0.29) is 43.0 Å². The topological polar surface area (TPSA) is 343 Å². The molecule has 5 heterocycles. The Hall–Kier alpha value is -3.17. The van der Waals surface area contributed by atoms with Crippen LogP contribution in [0.25, 0.3) is 10.9 Å². The summed E-state index contributed by atoms with van der Waals surface area (Å²) in [6.45, 7) is 4.58. The predicted molar refractivity (Wildman–Crippen MR) is 203 cm³/mol. The Kier molecular flexibility index (Phi) is 13.9. The van der Waals surface area contributed by atoms with Crippen molar-refractivity contribution in [1.29, 1.82) is 0 Å². The number of pyridine rings is 1. The third kappa shape index (κ3) is 8.69. The number of carboxylic acids is 1. The van der Waals surface area contributed by atoms with Crippen molar-refractivity contribution >= 4 is 22.6 Å². The van der Waals surface area contributed by atoms with E-state index in [0.29, 0.717) is 30.0 Å². The molecule has 2 aromatic rings. The van der Waals surface area contributed by atoms with Crippen LogP contribution in [0.2, 0.25) is 0 Å². The van der Waals surface area contributed by atoms with E-state index in [2.05, 4.69) is 4.90 Å². The molecule has 22 heteroatoms. The Morgan fingerprint density at radius 3 is 2.14 bits per heavy atom. The number of rotatable bonds is 8. The number of nitrogens with two attached hydrogens (primary N) is 5. The number of piperazine rings is 1. The highest BCUT2D eigenvalue weighted by Crippen LogP contribution is 2.42. The summed E-state index contributed by atoms with van der Waals surface area (Å²) in [7, 11) is 2.02. The minimum absolute atomic E-state index is 0.0434. The van der Waals surface area contributed by atoms with Crippen molar-refractivity contribution < 1.29 is 63.5 Å². The number of likely N-dealkylation sites (N-methyl/N-ethyl adjacent to an activating group) is 1. The number of anilines is 1. The summed E-state index contributed by atoms with van der Waals surface area (Å²) in [5.41, 5.74) is 29.5. The molecular weight excluding hydrogens is 771 g/mol. The van der Waals surface area contributed by atoms with Gasteiger partial charge >= 0.3 is 5.97 Å². The largest absolute Gasteiger partial charge is 0.487 e. The lowest BCUT2D eigenvalue weighted by Gasteiger charge is -2.47. The van der Waals surface area contributed by atoms with Gasteiger partial charge in [-0.25, -0.2) is 9.18 Å². The van der Waals surface area contributed by atoms with Crippen LogP contribution in [-0.2, 0) is 18.9 Å². The van der Waals surface area contributed by atoms with E-state index in [1.165, 1.54) is 6.20 Å². The highest BCUT2D eigenvalue weighted by Gasteiger charge is 2.50. The number of nitrogens with zero attached hydrogens (tertiary/aromatic N) is 3. The molecule has 1 unspecified atom stereocenters. The lowest BCUT2D eigenvalue weighted by atomic mass is 9.84. The van der Waals surface area contributed by atoms with E-state index in [1.54, 1.807) is 4.57 Å². The molecule has 15 atom stereocenters. The van der Waals surface area contributed by atoms with E-state index in [9.17, 15) is 44.6 Å². The quantitative estimate of drug-likeness (QED) is 0.119. The zero-order valence-corrected chi connectivity index (χ0v) is 32.3. The van der Waals surface area contributed by atoms with Gasteiger partial charge in [0.25, 0.3) is 0 Å². The predicted octanol–water partition coefficient (Wildman–Crippen LogP) is -4.75. The van der Waals surface area contributed by atoms with Crippen LogP contribution in [-0.4, -0.2) is 185 Å². The van der Waals surface area contributed by atoms with Crippen LogP contribution in [0.4, 0.5) is 10.1 Å². The summed E-state index contributed by atoms with van der Waals surface area (Å²) < 4.78 is 45.3. The number of aliphatic hydroxyl groups excluding tert-OH is 5. The van der Waals surface area contributed by atoms with Crippen LogP contribution in [0.15, 0.2) is 17.1 Å². The highest BCUT2D eigenvalue weighted by atomic mass is 19.1. The number of hydrogen-bond donors (Lipinski definition) is 11. The second-order valence-electron chi connectivity index (χ2n) is 15.8. The minimum atomic E-state index is -1.44. The van der Waals surface area contributed by atoms with E-state index in [1.807, 2.05) is 18.9 Å². The number of carboxylic acid groups (broad SMARTS) is 1. The number of ether oxygens (including phenoxy) is 5. The molecule has 4 aliphatic heterocycles. The Morgan fingerprint density at radius 2 is 1.53 bits per heavy atom. The lowest BCUT2D eigenvalue weighted by molar-refractivity contribution is -0.314. The van der Waals surface area contributed by atoms with Crippen molar-refractivity contribution in [3.8, 4) is 5.75 Å². The maximum Gasteiger partial charge on any atom is 0.341 e. The fourth-order valence-electron chi connectivity index (χ4n) is 8.12. The van der Waals surface area contributed by atoms with Gasteiger partial charge in [0.1, 0.15) is 54.5 Å². The first-order valence-electron chi connectivity index (χ1n) is 19.4. The minimum Gasteiger partial charge on any atom is -0.487 e. The average molecular weight is 829 g/mol. The molecule has 7 rings (SSSR count). The molecule has 58 heavy (non-hydrogen) atoms. The van der Waals surface area contributed by atoms with E-state index in [0.717, 1.165) is 19.2 Å². The summed E-state index contributed by atoms with van der Waals surface area (Å²) in [5.74, 6) is -1.54. The molecule has 326 valence electrons. The van der Waals surface area contributed by atoms with Crippen molar-refractivity contribution in [2.75, 3.05) is 57.9 Å². The van der Waals surface area contributed by atoms with Gasteiger partial charge in [-0.05, 0) is 32.9 Å². The van der Waals surface area contributed by atoms with Gasteiger partial charge in [0.2, 0.25) is 5.43 Å². The number of aliphatic hydroxyl groups is 5. The molecule has 1 aromatic heterocycles. The van der Waals surface area contributed by atoms with Crippen molar-refractivity contribution in [3.05, 3.63) is 33.9 Å². The molecule has 5 aliphatic rings. The zero-order valence-electron chi connectivity index (χ0n) is 32.3. The van der Waals surface area contributed by atoms with Crippen LogP contribution in [0.1, 0.15) is 36.2 Å². The Morgan fingerprint density at radius 1 is 0.914 bits per heavy atom. The summed E-state index contributed by atoms with van der Waals surface area (Å²) in [5, 5.41) is 60.1. The monoisotopic (exact) mass is 828 g/mol. The van der Waals surface area contributed by atoms with Gasteiger partial charge in [0.15, 0.2) is 24.1 Å². The molecule has 1 aromatic carbocycles. The highest BCUT2D eigenvalue weighted by molar-refractivity contribution is 5.97. The summed E-state index contributed by atoms with van der Waals surface area (Å²) in [6.07, 6.45) is -9.42. The molecule has 3 saturated heterocycles. The zero-order chi connectivity index (χ0) is 42.3. The molecule has 16 N–H and O–H groups in total.